The molecule has 0 radical (unpaired) electrons. The van der Waals surface area contributed by atoms with Gasteiger partial charge in [0.2, 0.25) is 0 Å². The fourth-order valence-electron chi connectivity index (χ4n) is 0.881. The minimum absolute atomic E-state index is 0.0161. The average molecular weight is 156 g/mol. The van der Waals surface area contributed by atoms with Crippen molar-refractivity contribution in [3.05, 3.63) is 18.0 Å². The summed E-state index contributed by atoms with van der Waals surface area (Å²) in [5, 5.41) is 21.8. The van der Waals surface area contributed by atoms with E-state index in [4.69, 9.17) is 5.11 Å². The van der Waals surface area contributed by atoms with Crippen LogP contribution in [0.4, 0.5) is 0 Å². The minimum Gasteiger partial charge on any atom is -0.396 e. The molecule has 1 aromatic rings. The van der Waals surface area contributed by atoms with Gasteiger partial charge in [0.25, 0.3) is 0 Å². The molecule has 4 nitrogen and oxygen atoms in total. The van der Waals surface area contributed by atoms with E-state index in [1.54, 1.807) is 24.0 Å². The average Bonchev–Trinajstić information content (AvgIpc) is 2.36. The monoisotopic (exact) mass is 156 g/mol. The third-order valence-electron chi connectivity index (χ3n) is 1.48. The Hall–Kier alpha value is -0.870. The second-order valence-electron chi connectivity index (χ2n) is 2.44. The Morgan fingerprint density at radius 3 is 2.91 bits per heavy atom. The van der Waals surface area contributed by atoms with Crippen LogP contribution in [0.25, 0.3) is 0 Å². The van der Waals surface area contributed by atoms with Crippen molar-refractivity contribution in [1.29, 1.82) is 0 Å². The molecule has 2 N–H and O–H groups in total. The third-order valence-corrected chi connectivity index (χ3v) is 1.48. The second-order valence-corrected chi connectivity index (χ2v) is 2.44. The molecule has 62 valence electrons. The molecule has 1 atom stereocenters. The van der Waals surface area contributed by atoms with Gasteiger partial charge < -0.3 is 10.2 Å². The molecule has 1 unspecified atom stereocenters. The summed E-state index contributed by atoms with van der Waals surface area (Å²) < 4.78 is 1.62. The van der Waals surface area contributed by atoms with Crippen LogP contribution in [0.3, 0.4) is 0 Å². The van der Waals surface area contributed by atoms with E-state index in [1.165, 1.54) is 0 Å². The van der Waals surface area contributed by atoms with Crippen molar-refractivity contribution >= 4 is 0 Å². The van der Waals surface area contributed by atoms with Crippen LogP contribution in [0.15, 0.2) is 12.3 Å². The number of hydrogen-bond acceptors (Lipinski definition) is 3. The lowest BCUT2D eigenvalue weighted by Crippen LogP contribution is -2.01. The first kappa shape index (κ1) is 8.23. The number of nitrogens with zero attached hydrogens (tertiary/aromatic N) is 2. The number of aromatic nitrogens is 2. The first-order chi connectivity index (χ1) is 5.24. The summed E-state index contributed by atoms with van der Waals surface area (Å²) >= 11 is 0. The Bertz CT molecular complexity index is 222. The molecular formula is C7H12N2O2. The summed E-state index contributed by atoms with van der Waals surface area (Å²) in [6.07, 6.45) is 1.47. The standard InChI is InChI=1S/C7H12N2O2/c1-9-4-2-6(8-9)7(11)3-5-10/h2,4,7,10-11H,3,5H2,1H3. The Balaban J connectivity index is 2.60. The largest absolute Gasteiger partial charge is 0.396 e. The fourth-order valence-corrected chi connectivity index (χ4v) is 0.881. The lowest BCUT2D eigenvalue weighted by atomic mass is 10.2. The molecule has 1 heterocycles. The van der Waals surface area contributed by atoms with E-state index in [0.29, 0.717) is 12.1 Å². The van der Waals surface area contributed by atoms with Gasteiger partial charge in [0, 0.05) is 26.3 Å². The Kier molecular flexibility index (Phi) is 2.62. The van der Waals surface area contributed by atoms with E-state index in [-0.39, 0.29) is 6.61 Å². The van der Waals surface area contributed by atoms with Crippen LogP contribution in [-0.2, 0) is 7.05 Å². The van der Waals surface area contributed by atoms with E-state index < -0.39 is 6.10 Å². The number of hydrogen-bond donors (Lipinski definition) is 2. The van der Waals surface area contributed by atoms with Gasteiger partial charge in [-0.25, -0.2) is 0 Å². The molecule has 11 heavy (non-hydrogen) atoms. The van der Waals surface area contributed by atoms with E-state index >= 15 is 0 Å². The smallest absolute Gasteiger partial charge is 0.1000 e. The maximum absolute atomic E-state index is 9.30. The summed E-state index contributed by atoms with van der Waals surface area (Å²) in [6, 6.07) is 1.74. The summed E-state index contributed by atoms with van der Waals surface area (Å²) in [5.74, 6) is 0. The van der Waals surface area contributed by atoms with Gasteiger partial charge in [0.15, 0.2) is 0 Å². The van der Waals surface area contributed by atoms with Crippen LogP contribution in [0, 0.1) is 0 Å². The minimum atomic E-state index is -0.638. The van der Waals surface area contributed by atoms with Crippen molar-refractivity contribution in [2.24, 2.45) is 7.05 Å². The Morgan fingerprint density at radius 1 is 1.73 bits per heavy atom. The van der Waals surface area contributed by atoms with E-state index in [1.807, 2.05) is 0 Å². The topological polar surface area (TPSA) is 58.3 Å². The van der Waals surface area contributed by atoms with Crippen LogP contribution < -0.4 is 0 Å². The highest BCUT2D eigenvalue weighted by Crippen LogP contribution is 2.12. The quantitative estimate of drug-likeness (QED) is 0.639. The molecule has 1 rings (SSSR count). The van der Waals surface area contributed by atoms with E-state index in [0.717, 1.165) is 0 Å². The highest BCUT2D eigenvalue weighted by Gasteiger charge is 2.08. The molecule has 1 aromatic heterocycles. The highest BCUT2D eigenvalue weighted by molar-refractivity contribution is 5.02. The maximum atomic E-state index is 9.30. The zero-order valence-corrected chi connectivity index (χ0v) is 6.44. The van der Waals surface area contributed by atoms with E-state index in [9.17, 15) is 5.11 Å². The van der Waals surface area contributed by atoms with Crippen LogP contribution in [0.1, 0.15) is 18.2 Å². The van der Waals surface area contributed by atoms with Gasteiger partial charge in [0.05, 0.1) is 11.8 Å². The van der Waals surface area contributed by atoms with Gasteiger partial charge in [-0.05, 0) is 6.07 Å². The van der Waals surface area contributed by atoms with Crippen molar-refractivity contribution in [1.82, 2.24) is 9.78 Å². The zero-order chi connectivity index (χ0) is 8.27. The van der Waals surface area contributed by atoms with Crippen LogP contribution >= 0.6 is 0 Å². The van der Waals surface area contributed by atoms with Crippen molar-refractivity contribution < 1.29 is 10.2 Å². The summed E-state index contributed by atoms with van der Waals surface area (Å²) in [7, 11) is 1.79. The molecule has 0 aliphatic heterocycles. The number of rotatable bonds is 3. The molecule has 0 bridgehead atoms. The lowest BCUT2D eigenvalue weighted by molar-refractivity contribution is 0.130. The van der Waals surface area contributed by atoms with Crippen LogP contribution in [0.5, 0.6) is 0 Å². The maximum Gasteiger partial charge on any atom is 0.1000 e. The second kappa shape index (κ2) is 3.50. The van der Waals surface area contributed by atoms with Gasteiger partial charge in [-0.1, -0.05) is 0 Å². The first-order valence-corrected chi connectivity index (χ1v) is 3.52. The van der Waals surface area contributed by atoms with E-state index in [2.05, 4.69) is 5.10 Å². The number of aliphatic hydroxyl groups is 2. The Morgan fingerprint density at radius 2 is 2.45 bits per heavy atom. The summed E-state index contributed by atoms with van der Waals surface area (Å²) in [6.45, 7) is -0.0161. The van der Waals surface area contributed by atoms with Gasteiger partial charge in [-0.2, -0.15) is 5.10 Å². The number of aliphatic hydroxyl groups excluding tert-OH is 2. The van der Waals surface area contributed by atoms with Gasteiger partial charge in [0.1, 0.15) is 0 Å². The van der Waals surface area contributed by atoms with Crippen molar-refractivity contribution in [2.75, 3.05) is 6.61 Å². The Labute approximate surface area is 65.1 Å². The SMILES string of the molecule is Cn1ccc(C(O)CCO)n1. The van der Waals surface area contributed by atoms with Gasteiger partial charge in [-0.3, -0.25) is 4.68 Å². The predicted octanol–water partition coefficient (Wildman–Crippen LogP) is -0.164. The molecule has 0 amide bonds. The lowest BCUT2D eigenvalue weighted by Gasteiger charge is -2.03. The first-order valence-electron chi connectivity index (χ1n) is 3.52. The molecule has 0 aliphatic carbocycles. The summed E-state index contributed by atoms with van der Waals surface area (Å²) in [4.78, 5) is 0. The normalized spacial score (nSPS) is 13.4. The van der Waals surface area contributed by atoms with Crippen LogP contribution in [-0.4, -0.2) is 26.6 Å². The molecule has 0 saturated carbocycles. The molecule has 4 heteroatoms. The van der Waals surface area contributed by atoms with Gasteiger partial charge >= 0.3 is 0 Å². The molecule has 0 aromatic carbocycles. The fraction of sp³-hybridized carbons (Fsp3) is 0.571. The third kappa shape index (κ3) is 2.03. The molecule has 0 aliphatic rings. The predicted molar refractivity (Wildman–Crippen MR) is 39.9 cm³/mol. The van der Waals surface area contributed by atoms with Gasteiger partial charge in [-0.15, -0.1) is 0 Å². The molecule has 0 saturated heterocycles. The van der Waals surface area contributed by atoms with Crippen LogP contribution in [0.2, 0.25) is 0 Å². The molecule has 0 fully saturated rings. The van der Waals surface area contributed by atoms with Crippen molar-refractivity contribution in [3.63, 3.8) is 0 Å². The van der Waals surface area contributed by atoms with Crippen molar-refractivity contribution in [3.8, 4) is 0 Å². The molecular weight excluding hydrogens is 144 g/mol. The summed E-state index contributed by atoms with van der Waals surface area (Å²) in [5.41, 5.74) is 0.613. The molecule has 0 spiro atoms. The number of aryl methyl sites for hydroxylation is 1. The van der Waals surface area contributed by atoms with Crippen molar-refractivity contribution in [2.45, 2.75) is 12.5 Å². The highest BCUT2D eigenvalue weighted by atomic mass is 16.3. The zero-order valence-electron chi connectivity index (χ0n) is 6.44.